The number of benzene rings is 1. The molecule has 0 radical (unpaired) electrons. The van der Waals surface area contributed by atoms with Crippen molar-refractivity contribution in [2.75, 3.05) is 20.2 Å². The van der Waals surface area contributed by atoms with E-state index in [1.807, 2.05) is 0 Å². The number of halogens is 6. The smallest absolute Gasteiger partial charge is 0.401 e. The second kappa shape index (κ2) is 12.2. The summed E-state index contributed by atoms with van der Waals surface area (Å²) in [5, 5.41) is 14.7. The van der Waals surface area contributed by atoms with Gasteiger partial charge in [0.2, 0.25) is 0 Å². The van der Waals surface area contributed by atoms with Gasteiger partial charge in [0.15, 0.2) is 22.5 Å². The molecule has 0 saturated heterocycles. The number of aromatic nitrogens is 1. The van der Waals surface area contributed by atoms with Crippen LogP contribution in [-0.2, 0) is 14.3 Å². The van der Waals surface area contributed by atoms with Crippen LogP contribution in [0, 0.1) is 17.6 Å². The third-order valence-electron chi connectivity index (χ3n) is 6.86. The number of carbonyl (C=O) groups excluding carboxylic acids is 1. The van der Waals surface area contributed by atoms with Crippen LogP contribution in [0.25, 0.3) is 0 Å². The fraction of sp³-hybridized carbons (Fsp3) is 0.440. The van der Waals surface area contributed by atoms with Crippen LogP contribution < -0.4 is 5.32 Å². The number of hydrogen-bond donors (Lipinski definition) is 2. The van der Waals surface area contributed by atoms with E-state index < -0.39 is 65.9 Å². The molecule has 2 heterocycles. The third-order valence-corrected chi connectivity index (χ3v) is 8.03. The van der Waals surface area contributed by atoms with Gasteiger partial charge < -0.3 is 15.2 Å². The molecule has 1 aliphatic carbocycles. The first-order valence-corrected chi connectivity index (χ1v) is 13.4. The fourth-order valence-electron chi connectivity index (χ4n) is 5.05. The molecule has 0 bridgehead atoms. The summed E-state index contributed by atoms with van der Waals surface area (Å²) in [5.74, 6) is -4.97. The Balaban J connectivity index is 1.68. The van der Waals surface area contributed by atoms with Crippen molar-refractivity contribution in [3.8, 4) is 0 Å². The fourth-order valence-corrected chi connectivity index (χ4v) is 5.90. The van der Waals surface area contributed by atoms with E-state index in [-0.39, 0.29) is 48.4 Å². The summed E-state index contributed by atoms with van der Waals surface area (Å²) >= 11 is 7.31. The van der Waals surface area contributed by atoms with Gasteiger partial charge in [-0.05, 0) is 37.7 Å². The zero-order valence-corrected chi connectivity index (χ0v) is 22.5. The normalized spacial score (nSPS) is 21.7. The number of amidine groups is 1. The Morgan fingerprint density at radius 1 is 1.23 bits per heavy atom. The first-order chi connectivity index (χ1) is 18.9. The average Bonchev–Trinajstić information content (AvgIpc) is 3.45. The van der Waals surface area contributed by atoms with Gasteiger partial charge in [0.1, 0.15) is 6.04 Å². The average molecular weight is 607 g/mol. The predicted octanol–water partition coefficient (Wildman–Crippen LogP) is 5.10. The van der Waals surface area contributed by atoms with Crippen LogP contribution in [0.4, 0.5) is 22.0 Å². The van der Waals surface area contributed by atoms with E-state index in [0.29, 0.717) is 5.01 Å². The van der Waals surface area contributed by atoms with Crippen LogP contribution in [-0.4, -0.2) is 65.2 Å². The van der Waals surface area contributed by atoms with Gasteiger partial charge in [-0.3, -0.25) is 14.7 Å². The number of alkyl halides is 3. The molecule has 40 heavy (non-hydrogen) atoms. The molecule has 8 nitrogen and oxygen atoms in total. The lowest BCUT2D eigenvalue weighted by Crippen LogP contribution is -2.47. The number of nitrogens with zero attached hydrogens (tertiary/aromatic N) is 3. The minimum Gasteiger partial charge on any atom is -0.478 e. The van der Waals surface area contributed by atoms with E-state index in [4.69, 9.17) is 11.6 Å². The molecule has 4 rings (SSSR count). The number of methoxy groups -OCH3 is 1. The second-order valence-corrected chi connectivity index (χ2v) is 10.6. The Bertz CT molecular complexity index is 1330. The molecule has 216 valence electrons. The molecule has 1 aromatic carbocycles. The molecule has 0 amide bonds. The van der Waals surface area contributed by atoms with Gasteiger partial charge in [-0.15, -0.1) is 11.3 Å². The van der Waals surface area contributed by atoms with Crippen molar-refractivity contribution in [1.29, 1.82) is 0 Å². The van der Waals surface area contributed by atoms with Crippen LogP contribution >= 0.6 is 22.9 Å². The maximum atomic E-state index is 14.4. The lowest BCUT2D eigenvalue weighted by atomic mass is 9.80. The number of aliphatic carboxylic acids is 1. The van der Waals surface area contributed by atoms with Crippen LogP contribution in [0.1, 0.15) is 42.3 Å². The molecule has 2 N–H and O–H groups in total. The number of hydrogen-bond acceptors (Lipinski definition) is 8. The zero-order valence-electron chi connectivity index (χ0n) is 21.0. The van der Waals surface area contributed by atoms with E-state index in [1.54, 1.807) is 5.38 Å². The summed E-state index contributed by atoms with van der Waals surface area (Å²) in [6.07, 6.45) is -2.00. The van der Waals surface area contributed by atoms with Crippen LogP contribution in [0.2, 0.25) is 5.02 Å². The Morgan fingerprint density at radius 3 is 2.50 bits per heavy atom. The van der Waals surface area contributed by atoms with Crippen LogP contribution in [0.3, 0.4) is 0 Å². The molecular formula is C25H24ClF5N4O4S. The Labute approximate surface area is 234 Å². The predicted molar refractivity (Wildman–Crippen MR) is 136 cm³/mol. The van der Waals surface area contributed by atoms with Gasteiger partial charge in [0.25, 0.3) is 0 Å². The molecule has 15 heteroatoms. The SMILES string of the molecule is COC(=O)CN(CC(F)(F)F)C1CCC(C2=C(C(=O)O)C(c3ccc(F)c(F)c3Cl)N=C(c3nccs3)N2)CC1. The molecule has 1 unspecified atom stereocenters. The van der Waals surface area contributed by atoms with Gasteiger partial charge in [-0.25, -0.2) is 18.6 Å². The molecule has 1 fully saturated rings. The Kier molecular flexibility index (Phi) is 9.10. The number of carboxylic acid groups (broad SMARTS) is 1. The highest BCUT2D eigenvalue weighted by Gasteiger charge is 2.40. The van der Waals surface area contributed by atoms with Crippen molar-refractivity contribution in [2.45, 2.75) is 43.9 Å². The number of rotatable bonds is 8. The number of carboxylic acids is 1. The zero-order chi connectivity index (χ0) is 29.2. The topological polar surface area (TPSA) is 104 Å². The van der Waals surface area contributed by atoms with Gasteiger partial charge in [0, 0.05) is 28.9 Å². The minimum absolute atomic E-state index is 0.0610. The first kappa shape index (κ1) is 29.9. The van der Waals surface area contributed by atoms with Crippen molar-refractivity contribution in [1.82, 2.24) is 15.2 Å². The number of thiazole rings is 1. The monoisotopic (exact) mass is 606 g/mol. The lowest BCUT2D eigenvalue weighted by Gasteiger charge is -2.39. The largest absolute Gasteiger partial charge is 0.478 e. The molecule has 2 aromatic rings. The van der Waals surface area contributed by atoms with Crippen molar-refractivity contribution in [2.24, 2.45) is 10.9 Å². The molecular weight excluding hydrogens is 583 g/mol. The molecule has 1 aliphatic heterocycles. The third kappa shape index (κ3) is 6.61. The number of nitrogens with one attached hydrogen (secondary N) is 1. The Morgan fingerprint density at radius 2 is 1.93 bits per heavy atom. The van der Waals surface area contributed by atoms with Gasteiger partial charge in [-0.2, -0.15) is 13.2 Å². The summed E-state index contributed by atoms with van der Waals surface area (Å²) < 4.78 is 72.5. The van der Waals surface area contributed by atoms with Crippen molar-refractivity contribution in [3.05, 3.63) is 62.2 Å². The number of aliphatic imine (C=N–C) groups is 1. The highest BCUT2D eigenvalue weighted by molar-refractivity contribution is 7.11. The highest BCUT2D eigenvalue weighted by atomic mass is 35.5. The van der Waals surface area contributed by atoms with Gasteiger partial charge >= 0.3 is 18.1 Å². The minimum atomic E-state index is -4.54. The number of esters is 1. The molecule has 2 aliphatic rings. The summed E-state index contributed by atoms with van der Waals surface area (Å²) in [5.41, 5.74) is -0.0557. The van der Waals surface area contributed by atoms with E-state index >= 15 is 0 Å². The number of allylic oxidation sites excluding steroid dienone is 1. The second-order valence-electron chi connectivity index (χ2n) is 9.34. The quantitative estimate of drug-likeness (QED) is 0.245. The number of ether oxygens (including phenoxy) is 1. The van der Waals surface area contributed by atoms with Crippen LogP contribution in [0.5, 0.6) is 0 Å². The lowest BCUT2D eigenvalue weighted by molar-refractivity contribution is -0.161. The van der Waals surface area contributed by atoms with Crippen molar-refractivity contribution in [3.63, 3.8) is 0 Å². The summed E-state index contributed by atoms with van der Waals surface area (Å²) in [6, 6.07) is 0.0869. The molecule has 1 atom stereocenters. The maximum Gasteiger partial charge on any atom is 0.401 e. The first-order valence-electron chi connectivity index (χ1n) is 12.1. The van der Waals surface area contributed by atoms with E-state index in [2.05, 4.69) is 20.0 Å². The summed E-state index contributed by atoms with van der Waals surface area (Å²) in [7, 11) is 1.09. The van der Waals surface area contributed by atoms with Gasteiger partial charge in [-0.1, -0.05) is 17.7 Å². The Hall–Kier alpha value is -3.10. The standard InChI is InChI=1S/C25H24ClF5N4O4S/c1-39-16(36)10-35(11-25(29,30)31)13-4-2-12(3-5-13)20-17(24(37)38)21(14-6-7-15(27)19(28)18(14)26)34-22(33-20)23-32-8-9-40-23/h6-9,12-13,21H,2-5,10-11H2,1H3,(H,33,34)(H,37,38). The molecule has 1 aromatic heterocycles. The van der Waals surface area contributed by atoms with Crippen molar-refractivity contribution < 1.29 is 41.4 Å². The van der Waals surface area contributed by atoms with Crippen molar-refractivity contribution >= 4 is 40.7 Å². The molecule has 0 spiro atoms. The highest BCUT2D eigenvalue weighted by Crippen LogP contribution is 2.42. The summed E-state index contributed by atoms with van der Waals surface area (Å²) in [4.78, 5) is 34.0. The van der Waals surface area contributed by atoms with Gasteiger partial charge in [0.05, 0.1) is 30.8 Å². The van der Waals surface area contributed by atoms with Crippen LogP contribution in [0.15, 0.2) is 40.0 Å². The van der Waals surface area contributed by atoms with E-state index in [9.17, 15) is 36.6 Å². The molecule has 1 saturated carbocycles. The summed E-state index contributed by atoms with van der Waals surface area (Å²) in [6.45, 7) is -1.83. The number of carbonyl (C=O) groups is 2. The van der Waals surface area contributed by atoms with E-state index in [0.717, 1.165) is 18.1 Å². The van der Waals surface area contributed by atoms with E-state index in [1.165, 1.54) is 23.6 Å². The maximum absolute atomic E-state index is 14.4.